The van der Waals surface area contributed by atoms with E-state index >= 15 is 0 Å². The lowest BCUT2D eigenvalue weighted by Gasteiger charge is -2.24. The van der Waals surface area contributed by atoms with Crippen molar-refractivity contribution in [1.29, 1.82) is 0 Å². The Bertz CT molecular complexity index is 945. The summed E-state index contributed by atoms with van der Waals surface area (Å²) in [5.74, 6) is -0.532. The molecule has 0 spiro atoms. The zero-order valence-electron chi connectivity index (χ0n) is 15.7. The minimum absolute atomic E-state index is 0.488. The van der Waals surface area contributed by atoms with Gasteiger partial charge in [0.25, 0.3) is 5.91 Å². The molecule has 1 fully saturated rings. The largest absolute Gasteiger partial charge is 0.294 e. The second-order valence-electron chi connectivity index (χ2n) is 7.23. The third-order valence-corrected chi connectivity index (χ3v) is 5.26. The highest BCUT2D eigenvalue weighted by atomic mass is 16.5. The number of fused-ring (bicyclic) bond motifs is 1. The molecule has 2 heterocycles. The van der Waals surface area contributed by atoms with Gasteiger partial charge in [-0.2, -0.15) is 5.10 Å². The first-order chi connectivity index (χ1) is 13.7. The first-order valence-electron chi connectivity index (χ1n) is 9.58. The zero-order valence-corrected chi connectivity index (χ0v) is 15.7. The lowest BCUT2D eigenvalue weighted by molar-refractivity contribution is -0.124. The van der Waals surface area contributed by atoms with Crippen molar-refractivity contribution in [2.24, 2.45) is 0 Å². The average Bonchev–Trinajstić information content (AvgIpc) is 3.33. The second-order valence-corrected chi connectivity index (χ2v) is 7.23. The van der Waals surface area contributed by atoms with Crippen LogP contribution in [-0.4, -0.2) is 38.4 Å². The molecule has 1 saturated heterocycles. The van der Waals surface area contributed by atoms with Gasteiger partial charge in [-0.25, -0.2) is 5.48 Å². The van der Waals surface area contributed by atoms with Crippen LogP contribution in [0.2, 0.25) is 0 Å². The number of hydroxylamine groups is 1. The number of nitrogens with one attached hydrogen (secondary N) is 1. The van der Waals surface area contributed by atoms with Crippen LogP contribution in [0.1, 0.15) is 24.0 Å². The molecule has 0 saturated carbocycles. The van der Waals surface area contributed by atoms with E-state index in [2.05, 4.69) is 40.0 Å². The minimum atomic E-state index is -0.532. The zero-order chi connectivity index (χ0) is 19.3. The lowest BCUT2D eigenvalue weighted by atomic mass is 10.1. The lowest BCUT2D eigenvalue weighted by Crippen LogP contribution is -2.32. The normalized spacial score (nSPS) is 17.5. The number of aromatic nitrogens is 2. The second kappa shape index (κ2) is 8.37. The number of hydrogen-bond acceptors (Lipinski definition) is 4. The van der Waals surface area contributed by atoms with E-state index in [4.69, 9.17) is 10.3 Å². The van der Waals surface area contributed by atoms with Crippen molar-refractivity contribution in [3.05, 3.63) is 71.9 Å². The van der Waals surface area contributed by atoms with Crippen LogP contribution >= 0.6 is 0 Å². The van der Waals surface area contributed by atoms with Crippen LogP contribution in [0.25, 0.3) is 17.0 Å². The number of amides is 1. The maximum Gasteiger partial charge on any atom is 0.267 e. The number of carbonyl (C=O) groups excluding carboxylic acids is 1. The molecule has 2 aromatic carbocycles. The molecule has 3 aromatic rings. The number of likely N-dealkylation sites (tertiary alicyclic amines) is 1. The van der Waals surface area contributed by atoms with Gasteiger partial charge < -0.3 is 0 Å². The molecule has 0 radical (unpaired) electrons. The van der Waals surface area contributed by atoms with Crippen LogP contribution in [0.15, 0.2) is 60.8 Å². The molecule has 2 N–H and O–H groups in total. The van der Waals surface area contributed by atoms with Crippen molar-refractivity contribution in [2.75, 3.05) is 6.54 Å². The molecule has 0 bridgehead atoms. The molecular formula is C22H24N4O2. The molecule has 6 nitrogen and oxygen atoms in total. The summed E-state index contributed by atoms with van der Waals surface area (Å²) in [7, 11) is 0. The Kier molecular flexibility index (Phi) is 5.50. The Morgan fingerprint density at radius 2 is 2.04 bits per heavy atom. The van der Waals surface area contributed by atoms with Gasteiger partial charge in [0.15, 0.2) is 0 Å². The van der Waals surface area contributed by atoms with Crippen LogP contribution in [0, 0.1) is 0 Å². The predicted molar refractivity (Wildman–Crippen MR) is 109 cm³/mol. The Morgan fingerprint density at radius 3 is 2.82 bits per heavy atom. The highest BCUT2D eigenvalue weighted by molar-refractivity contribution is 5.90. The van der Waals surface area contributed by atoms with E-state index in [1.54, 1.807) is 11.6 Å². The van der Waals surface area contributed by atoms with Gasteiger partial charge in [0.05, 0.1) is 12.1 Å². The van der Waals surface area contributed by atoms with Gasteiger partial charge in [-0.05, 0) is 42.7 Å². The number of carbonyl (C=O) groups is 1. The van der Waals surface area contributed by atoms with Crippen molar-refractivity contribution in [1.82, 2.24) is 20.2 Å². The highest BCUT2D eigenvalue weighted by Crippen LogP contribution is 2.22. The monoisotopic (exact) mass is 376 g/mol. The smallest absolute Gasteiger partial charge is 0.267 e. The standard InChI is InChI=1S/C22H24N4O2/c27-22(24-28)12-11-17-7-9-18(10-8-17)14-25-13-3-5-20(25)16-26-15-19-4-1-2-6-21(19)23-26/h1-2,4,6-12,15,20,28H,3,5,13-14,16H2,(H,24,27). The van der Waals surface area contributed by atoms with Gasteiger partial charge in [-0.15, -0.1) is 0 Å². The van der Waals surface area contributed by atoms with E-state index in [0.29, 0.717) is 6.04 Å². The number of benzene rings is 2. The van der Waals surface area contributed by atoms with E-state index in [1.165, 1.54) is 29.9 Å². The van der Waals surface area contributed by atoms with Crippen molar-refractivity contribution >= 4 is 22.9 Å². The Morgan fingerprint density at radius 1 is 1.21 bits per heavy atom. The van der Waals surface area contributed by atoms with Gasteiger partial charge >= 0.3 is 0 Å². The summed E-state index contributed by atoms with van der Waals surface area (Å²) >= 11 is 0. The maximum absolute atomic E-state index is 11.1. The van der Waals surface area contributed by atoms with E-state index in [1.807, 2.05) is 24.3 Å². The summed E-state index contributed by atoms with van der Waals surface area (Å²) in [6.07, 6.45) is 7.52. The predicted octanol–water partition coefficient (Wildman–Crippen LogP) is 3.22. The van der Waals surface area contributed by atoms with Gasteiger partial charge in [-0.3, -0.25) is 19.6 Å². The summed E-state index contributed by atoms with van der Waals surface area (Å²) in [5, 5.41) is 14.4. The molecular weight excluding hydrogens is 352 g/mol. The molecule has 28 heavy (non-hydrogen) atoms. The number of nitrogens with zero attached hydrogens (tertiary/aromatic N) is 3. The van der Waals surface area contributed by atoms with Crippen LogP contribution in [0.4, 0.5) is 0 Å². The highest BCUT2D eigenvalue weighted by Gasteiger charge is 2.25. The fourth-order valence-corrected chi connectivity index (χ4v) is 3.81. The summed E-state index contributed by atoms with van der Waals surface area (Å²) in [4.78, 5) is 13.6. The first-order valence-corrected chi connectivity index (χ1v) is 9.58. The minimum Gasteiger partial charge on any atom is -0.294 e. The number of rotatable bonds is 6. The van der Waals surface area contributed by atoms with E-state index in [9.17, 15) is 4.79 Å². The third kappa shape index (κ3) is 4.30. The van der Waals surface area contributed by atoms with Crippen molar-refractivity contribution in [3.63, 3.8) is 0 Å². The van der Waals surface area contributed by atoms with Crippen LogP contribution in [0.5, 0.6) is 0 Å². The van der Waals surface area contributed by atoms with E-state index < -0.39 is 5.91 Å². The van der Waals surface area contributed by atoms with Crippen LogP contribution in [0.3, 0.4) is 0 Å². The molecule has 6 heteroatoms. The Labute approximate surface area is 164 Å². The SMILES string of the molecule is O=C(C=Cc1ccc(CN2CCCC2Cn2cc3ccccc3n2)cc1)NO. The van der Waals surface area contributed by atoms with Crippen molar-refractivity contribution in [3.8, 4) is 0 Å². The summed E-state index contributed by atoms with van der Waals surface area (Å²) in [5.41, 5.74) is 4.81. The topological polar surface area (TPSA) is 70.4 Å². The molecule has 144 valence electrons. The van der Waals surface area contributed by atoms with Gasteiger partial charge in [0.2, 0.25) is 0 Å². The maximum atomic E-state index is 11.1. The fourth-order valence-electron chi connectivity index (χ4n) is 3.81. The molecule has 1 aliphatic heterocycles. The summed E-state index contributed by atoms with van der Waals surface area (Å²) in [6.45, 7) is 2.92. The van der Waals surface area contributed by atoms with Gasteiger partial charge in [0.1, 0.15) is 0 Å². The molecule has 1 atom stereocenters. The van der Waals surface area contributed by atoms with E-state index in [-0.39, 0.29) is 0 Å². The van der Waals surface area contributed by atoms with Crippen LogP contribution < -0.4 is 5.48 Å². The Balaban J connectivity index is 1.39. The van der Waals surface area contributed by atoms with Gasteiger partial charge in [-0.1, -0.05) is 42.5 Å². The first kappa shape index (κ1) is 18.4. The third-order valence-electron chi connectivity index (χ3n) is 5.26. The quantitative estimate of drug-likeness (QED) is 0.394. The average molecular weight is 376 g/mol. The fraction of sp³-hybridized carbons (Fsp3) is 0.273. The van der Waals surface area contributed by atoms with Crippen molar-refractivity contribution < 1.29 is 10.0 Å². The Hall–Kier alpha value is -2.96. The van der Waals surface area contributed by atoms with Crippen molar-refractivity contribution in [2.45, 2.75) is 32.0 Å². The molecule has 1 unspecified atom stereocenters. The molecule has 0 aliphatic carbocycles. The number of hydrogen-bond donors (Lipinski definition) is 2. The van der Waals surface area contributed by atoms with E-state index in [0.717, 1.165) is 30.7 Å². The molecule has 1 aromatic heterocycles. The summed E-state index contributed by atoms with van der Waals surface area (Å²) < 4.78 is 2.08. The molecule has 4 rings (SSSR count). The van der Waals surface area contributed by atoms with Gasteiger partial charge in [0, 0.05) is 30.2 Å². The molecule has 1 amide bonds. The molecule has 1 aliphatic rings. The van der Waals surface area contributed by atoms with Crippen LogP contribution in [-0.2, 0) is 17.9 Å². The summed E-state index contributed by atoms with van der Waals surface area (Å²) in [6, 6.07) is 16.9.